The third-order valence-electron chi connectivity index (χ3n) is 4.60. The fraction of sp³-hybridized carbons (Fsp3) is 0.316. The van der Waals surface area contributed by atoms with Gasteiger partial charge < -0.3 is 19.1 Å². The van der Waals surface area contributed by atoms with Crippen LogP contribution in [0.2, 0.25) is 0 Å². The molecule has 2 aromatic heterocycles. The number of carboxylic acids is 1. The Bertz CT molecular complexity index is 979. The lowest BCUT2D eigenvalue weighted by atomic mass is 10.2. The fourth-order valence-corrected chi connectivity index (χ4v) is 3.25. The second-order valence-corrected chi connectivity index (χ2v) is 6.39. The molecule has 0 radical (unpaired) electrons. The highest BCUT2D eigenvalue weighted by atomic mass is 16.5. The number of hydrogen-bond donors (Lipinski definition) is 1. The number of morpholine rings is 1. The van der Waals surface area contributed by atoms with Gasteiger partial charge in [0, 0.05) is 37.8 Å². The first-order valence-corrected chi connectivity index (χ1v) is 8.73. The van der Waals surface area contributed by atoms with Gasteiger partial charge in [0.25, 0.3) is 0 Å². The highest BCUT2D eigenvalue weighted by molar-refractivity contribution is 5.96. The summed E-state index contributed by atoms with van der Waals surface area (Å²) in [5.41, 5.74) is 0.917. The van der Waals surface area contributed by atoms with E-state index >= 15 is 0 Å². The number of carboxylic acid groups (broad SMARTS) is 1. The molecular weight excluding hydrogens is 348 g/mol. The van der Waals surface area contributed by atoms with Gasteiger partial charge in [-0.2, -0.15) is 4.98 Å². The van der Waals surface area contributed by atoms with Crippen molar-refractivity contribution in [2.75, 3.05) is 26.3 Å². The van der Waals surface area contributed by atoms with Crippen LogP contribution in [0.5, 0.6) is 11.6 Å². The standard InChI is InChI=1S/C19H20N4O4/c1-22-14(19(24)25)11-13-3-2-4-15(18(13)22)27-17-5-6-20-16(21-17)12-23-7-9-26-10-8-23/h2-6,11H,7-10,12H2,1H3,(H,24,25). The molecular formula is C19H20N4O4. The molecule has 4 rings (SSSR count). The van der Waals surface area contributed by atoms with E-state index in [0.717, 1.165) is 31.7 Å². The first-order valence-electron chi connectivity index (χ1n) is 8.73. The molecule has 1 aromatic carbocycles. The number of para-hydroxylation sites is 1. The predicted molar refractivity (Wildman–Crippen MR) is 98.1 cm³/mol. The summed E-state index contributed by atoms with van der Waals surface area (Å²) in [7, 11) is 1.71. The molecule has 0 spiro atoms. The van der Waals surface area contributed by atoms with Crippen LogP contribution in [0.25, 0.3) is 10.9 Å². The number of nitrogens with zero attached hydrogens (tertiary/aromatic N) is 4. The number of carbonyl (C=O) groups is 1. The van der Waals surface area contributed by atoms with Gasteiger partial charge in [-0.1, -0.05) is 12.1 Å². The zero-order chi connectivity index (χ0) is 18.8. The highest BCUT2D eigenvalue weighted by Crippen LogP contribution is 2.31. The van der Waals surface area contributed by atoms with Crippen molar-refractivity contribution in [2.45, 2.75) is 6.54 Å². The summed E-state index contributed by atoms with van der Waals surface area (Å²) in [6.45, 7) is 3.79. The van der Waals surface area contributed by atoms with E-state index in [2.05, 4.69) is 14.9 Å². The minimum Gasteiger partial charge on any atom is -0.477 e. The molecule has 0 saturated carbocycles. The maximum Gasteiger partial charge on any atom is 0.352 e. The van der Waals surface area contributed by atoms with Gasteiger partial charge >= 0.3 is 5.97 Å². The molecule has 0 unspecified atom stereocenters. The first kappa shape index (κ1) is 17.4. The highest BCUT2D eigenvalue weighted by Gasteiger charge is 2.17. The lowest BCUT2D eigenvalue weighted by molar-refractivity contribution is 0.0330. The van der Waals surface area contributed by atoms with E-state index in [1.54, 1.807) is 36.0 Å². The zero-order valence-electron chi connectivity index (χ0n) is 15.0. The molecule has 0 atom stereocenters. The molecule has 1 aliphatic rings. The van der Waals surface area contributed by atoms with Gasteiger partial charge in [0.1, 0.15) is 11.5 Å². The van der Waals surface area contributed by atoms with Gasteiger partial charge in [0.15, 0.2) is 5.75 Å². The van der Waals surface area contributed by atoms with Crippen LogP contribution in [0.4, 0.5) is 0 Å². The molecule has 3 heterocycles. The Hall–Kier alpha value is -2.97. The van der Waals surface area contributed by atoms with Gasteiger partial charge in [-0.05, 0) is 12.1 Å². The van der Waals surface area contributed by atoms with E-state index in [4.69, 9.17) is 9.47 Å². The number of aromatic nitrogens is 3. The minimum absolute atomic E-state index is 0.205. The van der Waals surface area contributed by atoms with Crippen molar-refractivity contribution in [1.82, 2.24) is 19.4 Å². The smallest absolute Gasteiger partial charge is 0.352 e. The summed E-state index contributed by atoms with van der Waals surface area (Å²) in [5, 5.41) is 10.1. The third kappa shape index (κ3) is 3.62. The number of rotatable bonds is 5. The van der Waals surface area contributed by atoms with Gasteiger partial charge in [0.2, 0.25) is 5.88 Å². The van der Waals surface area contributed by atoms with E-state index in [1.165, 1.54) is 0 Å². The SMILES string of the molecule is Cn1c(C(=O)O)cc2cccc(Oc3ccnc(CN4CCOCC4)n3)c21. The fourth-order valence-electron chi connectivity index (χ4n) is 3.25. The van der Waals surface area contributed by atoms with Gasteiger partial charge in [-0.15, -0.1) is 0 Å². The van der Waals surface area contributed by atoms with Crippen molar-refractivity contribution in [2.24, 2.45) is 7.05 Å². The van der Waals surface area contributed by atoms with Crippen LogP contribution in [0.3, 0.4) is 0 Å². The Morgan fingerprint density at radius 3 is 2.89 bits per heavy atom. The van der Waals surface area contributed by atoms with E-state index in [0.29, 0.717) is 29.5 Å². The number of hydrogen-bond acceptors (Lipinski definition) is 6. The topological polar surface area (TPSA) is 89.7 Å². The average Bonchev–Trinajstić information content (AvgIpc) is 3.01. The minimum atomic E-state index is -0.977. The summed E-state index contributed by atoms with van der Waals surface area (Å²) in [5.74, 6) is 0.687. The second-order valence-electron chi connectivity index (χ2n) is 6.39. The Morgan fingerprint density at radius 1 is 1.30 bits per heavy atom. The third-order valence-corrected chi connectivity index (χ3v) is 4.60. The number of ether oxygens (including phenoxy) is 2. The number of fused-ring (bicyclic) bond motifs is 1. The second kappa shape index (κ2) is 7.34. The molecule has 0 amide bonds. The Labute approximate surface area is 156 Å². The molecule has 1 saturated heterocycles. The van der Waals surface area contributed by atoms with Crippen molar-refractivity contribution in [3.8, 4) is 11.6 Å². The molecule has 0 bridgehead atoms. The van der Waals surface area contributed by atoms with E-state index in [-0.39, 0.29) is 5.69 Å². The average molecular weight is 368 g/mol. The molecule has 0 aliphatic carbocycles. The van der Waals surface area contributed by atoms with Crippen LogP contribution < -0.4 is 4.74 Å². The summed E-state index contributed by atoms with van der Waals surface area (Å²) < 4.78 is 13.0. The van der Waals surface area contributed by atoms with Crippen LogP contribution in [0.1, 0.15) is 16.3 Å². The van der Waals surface area contributed by atoms with Crippen LogP contribution in [-0.2, 0) is 18.3 Å². The molecule has 140 valence electrons. The summed E-state index contributed by atoms with van der Waals surface area (Å²) in [4.78, 5) is 22.5. The zero-order valence-corrected chi connectivity index (χ0v) is 15.0. The summed E-state index contributed by atoms with van der Waals surface area (Å²) in [6, 6.07) is 8.83. The van der Waals surface area contributed by atoms with Crippen molar-refractivity contribution >= 4 is 16.9 Å². The summed E-state index contributed by atoms with van der Waals surface area (Å²) in [6.07, 6.45) is 1.67. The molecule has 8 nitrogen and oxygen atoms in total. The van der Waals surface area contributed by atoms with Gasteiger partial charge in [-0.25, -0.2) is 9.78 Å². The number of aromatic carboxylic acids is 1. The Morgan fingerprint density at radius 2 is 2.11 bits per heavy atom. The Balaban J connectivity index is 1.60. The quantitative estimate of drug-likeness (QED) is 0.739. The van der Waals surface area contributed by atoms with Crippen molar-refractivity contribution < 1.29 is 19.4 Å². The molecule has 1 fully saturated rings. The number of benzene rings is 1. The van der Waals surface area contributed by atoms with Crippen molar-refractivity contribution in [1.29, 1.82) is 0 Å². The lowest BCUT2D eigenvalue weighted by Crippen LogP contribution is -2.36. The molecule has 27 heavy (non-hydrogen) atoms. The van der Waals surface area contributed by atoms with Crippen molar-refractivity contribution in [3.05, 3.63) is 48.0 Å². The van der Waals surface area contributed by atoms with E-state index < -0.39 is 5.97 Å². The van der Waals surface area contributed by atoms with Crippen molar-refractivity contribution in [3.63, 3.8) is 0 Å². The van der Waals surface area contributed by atoms with Crippen LogP contribution in [-0.4, -0.2) is 56.8 Å². The molecule has 1 aliphatic heterocycles. The lowest BCUT2D eigenvalue weighted by Gasteiger charge is -2.25. The van der Waals surface area contributed by atoms with E-state index in [1.807, 2.05) is 12.1 Å². The number of aryl methyl sites for hydroxylation is 1. The molecule has 1 N–H and O–H groups in total. The van der Waals surface area contributed by atoms with E-state index in [9.17, 15) is 9.90 Å². The normalized spacial score (nSPS) is 15.1. The maximum atomic E-state index is 11.4. The Kier molecular flexibility index (Phi) is 4.74. The van der Waals surface area contributed by atoms with Crippen LogP contribution in [0.15, 0.2) is 36.5 Å². The molecule has 8 heteroatoms. The summed E-state index contributed by atoms with van der Waals surface area (Å²) >= 11 is 0. The molecule has 3 aromatic rings. The van der Waals surface area contributed by atoms with Gasteiger partial charge in [-0.3, -0.25) is 4.90 Å². The maximum absolute atomic E-state index is 11.4. The predicted octanol–water partition coefficient (Wildman–Crippen LogP) is 2.29. The van der Waals surface area contributed by atoms with Crippen LogP contribution >= 0.6 is 0 Å². The van der Waals surface area contributed by atoms with Crippen LogP contribution in [0, 0.1) is 0 Å². The first-order chi connectivity index (χ1) is 13.1. The van der Waals surface area contributed by atoms with Gasteiger partial charge in [0.05, 0.1) is 25.3 Å². The monoisotopic (exact) mass is 368 g/mol. The largest absolute Gasteiger partial charge is 0.477 e.